The predicted octanol–water partition coefficient (Wildman–Crippen LogP) is 4.35. The van der Waals surface area contributed by atoms with Crippen LogP contribution >= 0.6 is 0 Å². The van der Waals surface area contributed by atoms with Gasteiger partial charge in [0, 0.05) is 12.8 Å². The average molecular weight is 310 g/mol. The van der Waals surface area contributed by atoms with Gasteiger partial charge in [-0.3, -0.25) is 9.59 Å². The minimum atomic E-state index is -0.136. The summed E-state index contributed by atoms with van der Waals surface area (Å²) in [5.74, 6) is -0.272. The number of carbonyl (C=O) groups excluding carboxylic acids is 2. The summed E-state index contributed by atoms with van der Waals surface area (Å²) in [5.41, 5.74) is 0. The van der Waals surface area contributed by atoms with Gasteiger partial charge in [-0.15, -0.1) is 0 Å². The van der Waals surface area contributed by atoms with E-state index in [1.54, 1.807) is 12.2 Å². The highest BCUT2D eigenvalue weighted by Crippen LogP contribution is 2.11. The Morgan fingerprint density at radius 3 is 1.27 bits per heavy atom. The van der Waals surface area contributed by atoms with E-state index in [1.807, 2.05) is 0 Å². The monoisotopic (exact) mass is 310 g/mol. The van der Waals surface area contributed by atoms with Gasteiger partial charge in [0.15, 0.2) is 0 Å². The van der Waals surface area contributed by atoms with Crippen LogP contribution in [-0.4, -0.2) is 25.2 Å². The largest absolute Gasteiger partial charge is 0.461 e. The van der Waals surface area contributed by atoms with Crippen molar-refractivity contribution in [2.24, 2.45) is 0 Å². The van der Waals surface area contributed by atoms with Crippen LogP contribution in [0.1, 0.15) is 64.2 Å². The molecule has 0 fully saturated rings. The number of unbranched alkanes of at least 4 members (excludes halogenated alkanes) is 7. The van der Waals surface area contributed by atoms with Gasteiger partial charge in [-0.05, 0) is 12.8 Å². The standard InChI is InChI=1S/C18H30O4/c1-3-15-21-17(19)13-11-9-7-5-6-8-10-12-14-18(20)22-16-4-2/h3-4H,1-2,5-16H2. The fourth-order valence-corrected chi connectivity index (χ4v) is 2.05. The van der Waals surface area contributed by atoms with Crippen molar-refractivity contribution >= 4 is 11.9 Å². The van der Waals surface area contributed by atoms with E-state index in [1.165, 1.54) is 12.8 Å². The molecule has 0 saturated carbocycles. The van der Waals surface area contributed by atoms with Crippen molar-refractivity contribution in [1.29, 1.82) is 0 Å². The second-order valence-electron chi connectivity index (χ2n) is 5.27. The molecular formula is C18H30O4. The van der Waals surface area contributed by atoms with Crippen molar-refractivity contribution in [2.75, 3.05) is 13.2 Å². The van der Waals surface area contributed by atoms with E-state index in [0.29, 0.717) is 26.1 Å². The molecule has 0 radical (unpaired) electrons. The lowest BCUT2D eigenvalue weighted by molar-refractivity contribution is -0.143. The lowest BCUT2D eigenvalue weighted by Crippen LogP contribution is -2.03. The van der Waals surface area contributed by atoms with Gasteiger partial charge in [0.1, 0.15) is 13.2 Å². The van der Waals surface area contributed by atoms with E-state index >= 15 is 0 Å². The predicted molar refractivity (Wildman–Crippen MR) is 88.5 cm³/mol. The minimum Gasteiger partial charge on any atom is -0.461 e. The summed E-state index contributed by atoms with van der Waals surface area (Å²) in [4.78, 5) is 22.4. The average Bonchev–Trinajstić information content (AvgIpc) is 2.52. The van der Waals surface area contributed by atoms with Gasteiger partial charge in [-0.2, -0.15) is 0 Å². The highest BCUT2D eigenvalue weighted by atomic mass is 16.5. The Morgan fingerprint density at radius 1 is 0.636 bits per heavy atom. The third kappa shape index (κ3) is 14.8. The van der Waals surface area contributed by atoms with Crippen LogP contribution in [-0.2, 0) is 19.1 Å². The normalized spacial score (nSPS) is 10.0. The molecule has 0 spiro atoms. The highest BCUT2D eigenvalue weighted by Gasteiger charge is 2.02. The SMILES string of the molecule is C=CCOC(=O)CCCCCCCCCCC(=O)OCC=C. The number of ether oxygens (including phenoxy) is 2. The summed E-state index contributed by atoms with van der Waals surface area (Å²) in [5, 5.41) is 0. The van der Waals surface area contributed by atoms with Crippen LogP contribution in [0.5, 0.6) is 0 Å². The molecule has 0 aromatic rings. The molecule has 0 aromatic heterocycles. The summed E-state index contributed by atoms with van der Waals surface area (Å²) in [6.07, 6.45) is 12.7. The van der Waals surface area contributed by atoms with Gasteiger partial charge in [-0.1, -0.05) is 63.8 Å². The molecule has 4 heteroatoms. The molecule has 0 unspecified atom stereocenters. The number of carbonyl (C=O) groups is 2. The maximum atomic E-state index is 11.2. The first-order chi connectivity index (χ1) is 10.7. The van der Waals surface area contributed by atoms with Gasteiger partial charge in [0.25, 0.3) is 0 Å². The first-order valence-corrected chi connectivity index (χ1v) is 8.23. The van der Waals surface area contributed by atoms with Crippen LogP contribution in [0.3, 0.4) is 0 Å². The zero-order chi connectivity index (χ0) is 16.5. The first-order valence-electron chi connectivity index (χ1n) is 8.23. The van der Waals surface area contributed by atoms with Gasteiger partial charge < -0.3 is 9.47 Å². The summed E-state index contributed by atoms with van der Waals surface area (Å²) in [6.45, 7) is 7.61. The van der Waals surface area contributed by atoms with Gasteiger partial charge in [0.05, 0.1) is 0 Å². The maximum Gasteiger partial charge on any atom is 0.306 e. The van der Waals surface area contributed by atoms with Crippen LogP contribution in [0.4, 0.5) is 0 Å². The van der Waals surface area contributed by atoms with Crippen molar-refractivity contribution in [2.45, 2.75) is 64.2 Å². The van der Waals surface area contributed by atoms with Gasteiger partial charge >= 0.3 is 11.9 Å². The second kappa shape index (κ2) is 15.8. The molecule has 0 aliphatic carbocycles. The lowest BCUT2D eigenvalue weighted by Gasteiger charge is -2.03. The quantitative estimate of drug-likeness (QED) is 0.256. The molecule has 0 aromatic carbocycles. The fraction of sp³-hybridized carbons (Fsp3) is 0.667. The Labute approximate surface area is 134 Å². The van der Waals surface area contributed by atoms with Crippen molar-refractivity contribution in [3.05, 3.63) is 25.3 Å². The molecule has 0 aliphatic rings. The van der Waals surface area contributed by atoms with Gasteiger partial charge in [0.2, 0.25) is 0 Å². The molecule has 0 atom stereocenters. The zero-order valence-electron chi connectivity index (χ0n) is 13.7. The Morgan fingerprint density at radius 2 is 0.955 bits per heavy atom. The summed E-state index contributed by atoms with van der Waals surface area (Å²) in [6, 6.07) is 0. The Balaban J connectivity index is 3.20. The topological polar surface area (TPSA) is 52.6 Å². The lowest BCUT2D eigenvalue weighted by atomic mass is 10.1. The molecule has 126 valence electrons. The van der Waals surface area contributed by atoms with E-state index < -0.39 is 0 Å². The van der Waals surface area contributed by atoms with Crippen molar-refractivity contribution < 1.29 is 19.1 Å². The van der Waals surface area contributed by atoms with Crippen LogP contribution in [0.2, 0.25) is 0 Å². The maximum absolute atomic E-state index is 11.2. The van der Waals surface area contributed by atoms with Gasteiger partial charge in [-0.25, -0.2) is 0 Å². The molecule has 0 heterocycles. The molecule has 0 bridgehead atoms. The van der Waals surface area contributed by atoms with Crippen molar-refractivity contribution in [1.82, 2.24) is 0 Å². The van der Waals surface area contributed by atoms with Crippen LogP contribution in [0.25, 0.3) is 0 Å². The molecule has 4 nitrogen and oxygen atoms in total. The summed E-state index contributed by atoms with van der Waals surface area (Å²) < 4.78 is 9.81. The van der Waals surface area contributed by atoms with Crippen LogP contribution < -0.4 is 0 Å². The summed E-state index contributed by atoms with van der Waals surface area (Å²) >= 11 is 0. The number of hydrogen-bond acceptors (Lipinski definition) is 4. The zero-order valence-corrected chi connectivity index (χ0v) is 13.7. The van der Waals surface area contributed by atoms with Crippen LogP contribution in [0.15, 0.2) is 25.3 Å². The Kier molecular flexibility index (Phi) is 14.7. The third-order valence-electron chi connectivity index (χ3n) is 3.24. The van der Waals surface area contributed by atoms with Crippen molar-refractivity contribution in [3.8, 4) is 0 Å². The van der Waals surface area contributed by atoms with E-state index in [4.69, 9.17) is 9.47 Å². The Bertz CT molecular complexity index is 291. The molecule has 22 heavy (non-hydrogen) atoms. The van der Waals surface area contributed by atoms with E-state index in [2.05, 4.69) is 13.2 Å². The Hall–Kier alpha value is -1.58. The second-order valence-corrected chi connectivity index (χ2v) is 5.27. The van der Waals surface area contributed by atoms with Crippen molar-refractivity contribution in [3.63, 3.8) is 0 Å². The number of esters is 2. The molecular weight excluding hydrogens is 280 g/mol. The van der Waals surface area contributed by atoms with E-state index in [9.17, 15) is 9.59 Å². The molecule has 0 aliphatic heterocycles. The van der Waals surface area contributed by atoms with E-state index in [-0.39, 0.29) is 11.9 Å². The van der Waals surface area contributed by atoms with Crippen LogP contribution in [0, 0.1) is 0 Å². The number of hydrogen-bond donors (Lipinski definition) is 0. The fourth-order valence-electron chi connectivity index (χ4n) is 2.05. The molecule has 0 N–H and O–H groups in total. The highest BCUT2D eigenvalue weighted by molar-refractivity contribution is 5.69. The summed E-state index contributed by atoms with van der Waals surface area (Å²) in [7, 11) is 0. The molecule has 0 saturated heterocycles. The smallest absolute Gasteiger partial charge is 0.306 e. The molecule has 0 rings (SSSR count). The first kappa shape index (κ1) is 20.4. The molecule has 0 amide bonds. The third-order valence-corrected chi connectivity index (χ3v) is 3.24. The van der Waals surface area contributed by atoms with E-state index in [0.717, 1.165) is 38.5 Å². The minimum absolute atomic E-state index is 0.136. The number of rotatable bonds is 15.